The smallest absolute Gasteiger partial charge is 0.0900 e. The molecule has 1 aliphatic rings. The van der Waals surface area contributed by atoms with E-state index in [1.807, 2.05) is 0 Å². The topological polar surface area (TPSA) is 39.7 Å². The van der Waals surface area contributed by atoms with Crippen molar-refractivity contribution in [3.05, 3.63) is 0 Å². The summed E-state index contributed by atoms with van der Waals surface area (Å²) in [4.78, 5) is 0. The van der Waals surface area contributed by atoms with Crippen LogP contribution in [0, 0.1) is 0 Å². The van der Waals surface area contributed by atoms with Crippen LogP contribution in [0.3, 0.4) is 0 Å². The Bertz CT molecular complexity index is 188. The fourth-order valence-corrected chi connectivity index (χ4v) is 2.48. The van der Waals surface area contributed by atoms with E-state index >= 15 is 0 Å². The first-order chi connectivity index (χ1) is 8.29. The molecule has 1 heterocycles. The van der Waals surface area contributed by atoms with Crippen LogP contribution in [0.1, 0.15) is 33.1 Å². The summed E-state index contributed by atoms with van der Waals surface area (Å²) in [5.74, 6) is 0. The summed E-state index contributed by atoms with van der Waals surface area (Å²) in [5.41, 5.74) is -0.113. The van der Waals surface area contributed by atoms with Gasteiger partial charge in [0.2, 0.25) is 0 Å². The molecule has 0 aromatic carbocycles. The van der Waals surface area contributed by atoms with Crippen LogP contribution in [0.15, 0.2) is 0 Å². The van der Waals surface area contributed by atoms with Crippen molar-refractivity contribution >= 4 is 0 Å². The van der Waals surface area contributed by atoms with Gasteiger partial charge >= 0.3 is 0 Å². The largest absolute Gasteiger partial charge is 0.383 e. The number of nitrogens with one attached hydrogen (secondary N) is 1. The number of hydrogen-bond donors (Lipinski definition) is 1. The predicted octanol–water partition coefficient (Wildman–Crippen LogP) is 1.59. The highest BCUT2D eigenvalue weighted by Gasteiger charge is 2.40. The molecule has 0 aliphatic carbocycles. The minimum atomic E-state index is -0.113. The molecule has 102 valence electrons. The third kappa shape index (κ3) is 4.21. The Labute approximate surface area is 105 Å². The summed E-state index contributed by atoms with van der Waals surface area (Å²) < 4.78 is 16.9. The Morgan fingerprint density at radius 3 is 2.53 bits per heavy atom. The molecule has 1 unspecified atom stereocenters. The number of rotatable bonds is 8. The van der Waals surface area contributed by atoms with Gasteiger partial charge in [0.25, 0.3) is 0 Å². The van der Waals surface area contributed by atoms with E-state index in [0.717, 1.165) is 45.6 Å². The molecule has 0 bridgehead atoms. The zero-order valence-corrected chi connectivity index (χ0v) is 11.5. The molecule has 0 spiro atoms. The van der Waals surface area contributed by atoms with Gasteiger partial charge in [0.05, 0.1) is 18.2 Å². The second-order valence-electron chi connectivity index (χ2n) is 4.57. The van der Waals surface area contributed by atoms with E-state index < -0.39 is 0 Å². The summed E-state index contributed by atoms with van der Waals surface area (Å²) in [6, 6.07) is 0.260. The standard InChI is InChI=1S/C13H27NO3/c1-4-8-14-12(11-15-3)13(17-5-2)6-9-16-10-7-13/h12,14H,4-11H2,1-3H3. The molecule has 1 saturated heterocycles. The molecule has 0 saturated carbocycles. The highest BCUT2D eigenvalue weighted by Crippen LogP contribution is 2.29. The van der Waals surface area contributed by atoms with Crippen LogP contribution < -0.4 is 5.32 Å². The van der Waals surface area contributed by atoms with Crippen molar-refractivity contribution in [1.82, 2.24) is 5.32 Å². The van der Waals surface area contributed by atoms with E-state index in [9.17, 15) is 0 Å². The normalized spacial score (nSPS) is 21.4. The van der Waals surface area contributed by atoms with Crippen molar-refractivity contribution < 1.29 is 14.2 Å². The van der Waals surface area contributed by atoms with E-state index in [1.165, 1.54) is 0 Å². The van der Waals surface area contributed by atoms with Gasteiger partial charge in [-0.2, -0.15) is 0 Å². The zero-order valence-electron chi connectivity index (χ0n) is 11.5. The highest BCUT2D eigenvalue weighted by molar-refractivity contribution is 4.95. The van der Waals surface area contributed by atoms with E-state index in [2.05, 4.69) is 19.2 Å². The molecule has 0 amide bonds. The van der Waals surface area contributed by atoms with Gasteiger partial charge < -0.3 is 19.5 Å². The Morgan fingerprint density at radius 2 is 2.00 bits per heavy atom. The minimum Gasteiger partial charge on any atom is -0.383 e. The lowest BCUT2D eigenvalue weighted by molar-refractivity contribution is -0.135. The maximum atomic E-state index is 6.06. The van der Waals surface area contributed by atoms with Gasteiger partial charge in [-0.25, -0.2) is 0 Å². The first kappa shape index (κ1) is 14.9. The van der Waals surface area contributed by atoms with Crippen LogP contribution >= 0.6 is 0 Å². The van der Waals surface area contributed by atoms with Crippen molar-refractivity contribution in [1.29, 1.82) is 0 Å². The summed E-state index contributed by atoms with van der Waals surface area (Å²) in [6.07, 6.45) is 3.02. The Hall–Kier alpha value is -0.160. The lowest BCUT2D eigenvalue weighted by Gasteiger charge is -2.43. The molecule has 0 aromatic heterocycles. The summed E-state index contributed by atoms with van der Waals surface area (Å²) in [6.45, 7) is 8.24. The maximum Gasteiger partial charge on any atom is 0.0900 e. The van der Waals surface area contributed by atoms with Crippen molar-refractivity contribution in [2.24, 2.45) is 0 Å². The number of hydrogen-bond acceptors (Lipinski definition) is 4. The molecule has 1 atom stereocenters. The molecule has 1 fully saturated rings. The quantitative estimate of drug-likeness (QED) is 0.705. The molecule has 0 aromatic rings. The molecule has 0 radical (unpaired) electrons. The molecule has 1 rings (SSSR count). The van der Waals surface area contributed by atoms with Crippen LogP contribution in [-0.2, 0) is 14.2 Å². The fourth-order valence-electron chi connectivity index (χ4n) is 2.48. The van der Waals surface area contributed by atoms with Crippen LogP contribution in [0.5, 0.6) is 0 Å². The third-order valence-electron chi connectivity index (χ3n) is 3.38. The van der Waals surface area contributed by atoms with Crippen LogP contribution in [0.2, 0.25) is 0 Å². The molecule has 1 N–H and O–H groups in total. The van der Waals surface area contributed by atoms with Gasteiger partial charge in [0, 0.05) is 39.8 Å². The fraction of sp³-hybridized carbons (Fsp3) is 1.00. The van der Waals surface area contributed by atoms with Crippen LogP contribution in [-0.4, -0.2) is 51.7 Å². The van der Waals surface area contributed by atoms with Gasteiger partial charge in [-0.1, -0.05) is 6.92 Å². The lowest BCUT2D eigenvalue weighted by atomic mass is 9.86. The van der Waals surface area contributed by atoms with Crippen molar-refractivity contribution in [3.63, 3.8) is 0 Å². The maximum absolute atomic E-state index is 6.06. The number of methoxy groups -OCH3 is 1. The van der Waals surface area contributed by atoms with E-state index in [4.69, 9.17) is 14.2 Å². The Morgan fingerprint density at radius 1 is 1.29 bits per heavy atom. The average Bonchev–Trinajstić information content (AvgIpc) is 2.36. The van der Waals surface area contributed by atoms with Crippen LogP contribution in [0.25, 0.3) is 0 Å². The van der Waals surface area contributed by atoms with Gasteiger partial charge in [0.15, 0.2) is 0 Å². The average molecular weight is 245 g/mol. The Balaban J connectivity index is 2.67. The summed E-state index contributed by atoms with van der Waals surface area (Å²) >= 11 is 0. The lowest BCUT2D eigenvalue weighted by Crippen LogP contribution is -2.57. The third-order valence-corrected chi connectivity index (χ3v) is 3.38. The summed E-state index contributed by atoms with van der Waals surface area (Å²) in [7, 11) is 1.75. The molecule has 4 nitrogen and oxygen atoms in total. The molecule has 17 heavy (non-hydrogen) atoms. The zero-order chi connectivity index (χ0) is 12.6. The minimum absolute atomic E-state index is 0.113. The second-order valence-corrected chi connectivity index (χ2v) is 4.57. The predicted molar refractivity (Wildman–Crippen MR) is 68.4 cm³/mol. The van der Waals surface area contributed by atoms with Crippen molar-refractivity contribution in [2.75, 3.05) is 40.1 Å². The molecular formula is C13H27NO3. The van der Waals surface area contributed by atoms with Gasteiger partial charge in [0.1, 0.15) is 0 Å². The Kier molecular flexibility index (Phi) is 7.04. The molecular weight excluding hydrogens is 218 g/mol. The highest BCUT2D eigenvalue weighted by atomic mass is 16.5. The number of ether oxygens (including phenoxy) is 3. The van der Waals surface area contributed by atoms with Crippen LogP contribution in [0.4, 0.5) is 0 Å². The monoisotopic (exact) mass is 245 g/mol. The van der Waals surface area contributed by atoms with Gasteiger partial charge in [-0.15, -0.1) is 0 Å². The summed E-state index contributed by atoms with van der Waals surface area (Å²) in [5, 5.41) is 3.56. The van der Waals surface area contributed by atoms with Gasteiger partial charge in [-0.05, 0) is 19.9 Å². The van der Waals surface area contributed by atoms with Crippen molar-refractivity contribution in [3.8, 4) is 0 Å². The second kappa shape index (κ2) is 8.03. The van der Waals surface area contributed by atoms with Gasteiger partial charge in [-0.3, -0.25) is 0 Å². The van der Waals surface area contributed by atoms with E-state index in [0.29, 0.717) is 6.61 Å². The first-order valence-corrected chi connectivity index (χ1v) is 6.73. The first-order valence-electron chi connectivity index (χ1n) is 6.73. The van der Waals surface area contributed by atoms with E-state index in [1.54, 1.807) is 7.11 Å². The SMILES string of the molecule is CCCNC(COC)C1(OCC)CCOCC1. The van der Waals surface area contributed by atoms with E-state index in [-0.39, 0.29) is 11.6 Å². The molecule has 4 heteroatoms. The van der Waals surface area contributed by atoms with Crippen molar-refractivity contribution in [2.45, 2.75) is 44.8 Å². The molecule has 1 aliphatic heterocycles.